The van der Waals surface area contributed by atoms with Crippen molar-refractivity contribution in [2.75, 3.05) is 6.54 Å². The van der Waals surface area contributed by atoms with Crippen molar-refractivity contribution in [3.05, 3.63) is 48.0 Å². The molecule has 4 heteroatoms. The van der Waals surface area contributed by atoms with Crippen LogP contribution in [-0.4, -0.2) is 17.8 Å². The SMILES string of the molecule is C=C(CCCCCCNC1=CC=CC(NC(C)C)=CC1)NO. The molecule has 0 amide bonds. The molecule has 0 aromatic heterocycles. The monoisotopic (exact) mass is 305 g/mol. The van der Waals surface area contributed by atoms with E-state index in [0.717, 1.165) is 25.8 Å². The third-order valence-corrected chi connectivity index (χ3v) is 3.49. The number of unbranched alkanes of at least 4 members (excludes halogenated alkanes) is 3. The molecule has 22 heavy (non-hydrogen) atoms. The second-order valence-corrected chi connectivity index (χ2v) is 6.02. The van der Waals surface area contributed by atoms with E-state index in [1.54, 1.807) is 0 Å². The summed E-state index contributed by atoms with van der Waals surface area (Å²) in [6, 6.07) is 0.461. The number of hydrogen-bond acceptors (Lipinski definition) is 4. The van der Waals surface area contributed by atoms with Crippen molar-refractivity contribution in [2.45, 2.75) is 58.4 Å². The van der Waals surface area contributed by atoms with Crippen LogP contribution >= 0.6 is 0 Å². The number of hydroxylamine groups is 1. The van der Waals surface area contributed by atoms with Crippen LogP contribution in [0.3, 0.4) is 0 Å². The third-order valence-electron chi connectivity index (χ3n) is 3.49. The number of nitrogens with one attached hydrogen (secondary N) is 3. The van der Waals surface area contributed by atoms with Gasteiger partial charge in [0.2, 0.25) is 0 Å². The summed E-state index contributed by atoms with van der Waals surface area (Å²) in [6.45, 7) is 9.02. The van der Waals surface area contributed by atoms with Crippen LogP contribution in [0.15, 0.2) is 48.0 Å². The van der Waals surface area contributed by atoms with Crippen LogP contribution in [0.25, 0.3) is 0 Å². The summed E-state index contributed by atoms with van der Waals surface area (Å²) in [7, 11) is 0. The average molecular weight is 305 g/mol. The third kappa shape index (κ3) is 8.57. The molecule has 4 N–H and O–H groups in total. The summed E-state index contributed by atoms with van der Waals surface area (Å²) in [6.07, 6.45) is 15.0. The molecular formula is C18H31N3O. The Kier molecular flexibility index (Phi) is 9.15. The van der Waals surface area contributed by atoms with E-state index in [2.05, 4.69) is 60.8 Å². The Hall–Kier alpha value is -1.68. The van der Waals surface area contributed by atoms with Crippen LogP contribution in [0.4, 0.5) is 0 Å². The fourth-order valence-electron chi connectivity index (χ4n) is 2.32. The molecule has 0 saturated heterocycles. The first-order chi connectivity index (χ1) is 10.6. The Morgan fingerprint density at radius 1 is 1.27 bits per heavy atom. The summed E-state index contributed by atoms with van der Waals surface area (Å²) < 4.78 is 0. The van der Waals surface area contributed by atoms with Crippen LogP contribution in [0.1, 0.15) is 52.4 Å². The lowest BCUT2D eigenvalue weighted by Crippen LogP contribution is -2.20. The smallest absolute Gasteiger partial charge is 0.0305 e. The van der Waals surface area contributed by atoms with Crippen molar-refractivity contribution in [1.29, 1.82) is 0 Å². The van der Waals surface area contributed by atoms with Crippen LogP contribution in [0.5, 0.6) is 0 Å². The van der Waals surface area contributed by atoms with Gasteiger partial charge in [-0.2, -0.15) is 0 Å². The molecule has 0 unspecified atom stereocenters. The zero-order chi connectivity index (χ0) is 16.2. The highest BCUT2D eigenvalue weighted by Gasteiger charge is 2.01. The van der Waals surface area contributed by atoms with Gasteiger partial charge in [0.1, 0.15) is 0 Å². The maximum absolute atomic E-state index is 8.63. The van der Waals surface area contributed by atoms with Crippen molar-refractivity contribution < 1.29 is 5.21 Å². The highest BCUT2D eigenvalue weighted by Crippen LogP contribution is 2.10. The van der Waals surface area contributed by atoms with E-state index in [9.17, 15) is 0 Å². The van der Waals surface area contributed by atoms with Crippen LogP contribution in [0, 0.1) is 0 Å². The van der Waals surface area contributed by atoms with E-state index in [0.29, 0.717) is 11.7 Å². The van der Waals surface area contributed by atoms with Gasteiger partial charge in [-0.15, -0.1) is 0 Å². The van der Waals surface area contributed by atoms with Gasteiger partial charge in [0.05, 0.1) is 0 Å². The molecule has 0 aromatic rings. The van der Waals surface area contributed by atoms with E-state index >= 15 is 0 Å². The van der Waals surface area contributed by atoms with Crippen molar-refractivity contribution >= 4 is 0 Å². The lowest BCUT2D eigenvalue weighted by Gasteiger charge is -2.11. The van der Waals surface area contributed by atoms with Crippen molar-refractivity contribution in [3.8, 4) is 0 Å². The van der Waals surface area contributed by atoms with Gasteiger partial charge < -0.3 is 10.6 Å². The molecule has 0 saturated carbocycles. The second kappa shape index (κ2) is 11.0. The predicted molar refractivity (Wildman–Crippen MR) is 93.3 cm³/mol. The van der Waals surface area contributed by atoms with Gasteiger partial charge in [0.25, 0.3) is 0 Å². The highest BCUT2D eigenvalue weighted by atomic mass is 16.5. The second-order valence-electron chi connectivity index (χ2n) is 6.02. The fraction of sp³-hybridized carbons (Fsp3) is 0.556. The number of hydrogen-bond donors (Lipinski definition) is 4. The first-order valence-electron chi connectivity index (χ1n) is 8.27. The molecule has 0 heterocycles. The van der Waals surface area contributed by atoms with Crippen LogP contribution in [-0.2, 0) is 0 Å². The molecule has 0 aromatic carbocycles. The minimum atomic E-state index is 0.461. The standard InChI is InChI=1S/C18H31N3O/c1-15(2)20-18-11-8-10-17(12-13-18)19-14-7-5-4-6-9-16(3)21-22/h8,10-11,13,15,19-22H,3-7,9,12,14H2,1-2H3. The topological polar surface area (TPSA) is 56.3 Å². The molecule has 0 bridgehead atoms. The minimum Gasteiger partial charge on any atom is -0.388 e. The van der Waals surface area contributed by atoms with Gasteiger partial charge in [0, 0.05) is 36.1 Å². The largest absolute Gasteiger partial charge is 0.388 e. The van der Waals surface area contributed by atoms with Gasteiger partial charge in [-0.05, 0) is 45.3 Å². The zero-order valence-electron chi connectivity index (χ0n) is 14.0. The minimum absolute atomic E-state index is 0.461. The molecule has 0 aliphatic heterocycles. The molecular weight excluding hydrogens is 274 g/mol. The number of allylic oxidation sites excluding steroid dienone is 5. The van der Waals surface area contributed by atoms with Gasteiger partial charge >= 0.3 is 0 Å². The zero-order valence-corrected chi connectivity index (χ0v) is 14.0. The first kappa shape index (κ1) is 18.4. The normalized spacial score (nSPS) is 14.2. The Morgan fingerprint density at radius 2 is 2.05 bits per heavy atom. The van der Waals surface area contributed by atoms with Crippen LogP contribution in [0.2, 0.25) is 0 Å². The van der Waals surface area contributed by atoms with Gasteiger partial charge in [0.15, 0.2) is 0 Å². The Labute approximate surface area is 135 Å². The maximum atomic E-state index is 8.63. The van der Waals surface area contributed by atoms with Gasteiger partial charge in [-0.25, -0.2) is 0 Å². The van der Waals surface area contributed by atoms with Crippen molar-refractivity contribution in [2.24, 2.45) is 0 Å². The Bertz CT molecular complexity index is 422. The predicted octanol–water partition coefficient (Wildman–Crippen LogP) is 3.74. The van der Waals surface area contributed by atoms with E-state index in [1.165, 1.54) is 30.7 Å². The maximum Gasteiger partial charge on any atom is 0.0305 e. The van der Waals surface area contributed by atoms with Gasteiger partial charge in [-0.1, -0.05) is 31.6 Å². The van der Waals surface area contributed by atoms with Crippen LogP contribution < -0.4 is 16.1 Å². The molecule has 124 valence electrons. The fourth-order valence-corrected chi connectivity index (χ4v) is 2.32. The van der Waals surface area contributed by atoms with E-state index in [4.69, 9.17) is 5.21 Å². The Morgan fingerprint density at radius 3 is 2.77 bits per heavy atom. The highest BCUT2D eigenvalue weighted by molar-refractivity contribution is 5.28. The quantitative estimate of drug-likeness (QED) is 0.347. The molecule has 0 spiro atoms. The summed E-state index contributed by atoms with van der Waals surface area (Å²) in [4.78, 5) is 0. The van der Waals surface area contributed by atoms with E-state index < -0.39 is 0 Å². The van der Waals surface area contributed by atoms with Crippen molar-refractivity contribution in [3.63, 3.8) is 0 Å². The van der Waals surface area contributed by atoms with E-state index in [-0.39, 0.29) is 0 Å². The lowest BCUT2D eigenvalue weighted by atomic mass is 10.1. The summed E-state index contributed by atoms with van der Waals surface area (Å²) in [5.41, 5.74) is 5.27. The molecule has 0 atom stereocenters. The first-order valence-corrected chi connectivity index (χ1v) is 8.27. The summed E-state index contributed by atoms with van der Waals surface area (Å²) in [5.74, 6) is 0. The molecule has 0 radical (unpaired) electrons. The Balaban J connectivity index is 2.11. The number of rotatable bonds is 11. The van der Waals surface area contributed by atoms with E-state index in [1.807, 2.05) is 0 Å². The lowest BCUT2D eigenvalue weighted by molar-refractivity contribution is 0.196. The molecule has 1 aliphatic carbocycles. The van der Waals surface area contributed by atoms with Crippen molar-refractivity contribution in [1.82, 2.24) is 16.1 Å². The average Bonchev–Trinajstić information content (AvgIpc) is 2.70. The molecule has 1 aliphatic rings. The molecule has 4 nitrogen and oxygen atoms in total. The van der Waals surface area contributed by atoms with Gasteiger partial charge in [-0.3, -0.25) is 10.7 Å². The summed E-state index contributed by atoms with van der Waals surface area (Å²) in [5, 5.41) is 15.6. The summed E-state index contributed by atoms with van der Waals surface area (Å²) >= 11 is 0. The molecule has 0 fully saturated rings. The molecule has 1 rings (SSSR count).